The van der Waals surface area contributed by atoms with E-state index in [4.69, 9.17) is 9.47 Å². The van der Waals surface area contributed by atoms with Crippen molar-refractivity contribution >= 4 is 23.2 Å². The molecule has 162 valence electrons. The molecule has 4 heterocycles. The number of imidazole rings is 1. The molecule has 2 aromatic rings. The number of ether oxygens (including phenoxy) is 2. The first-order valence-corrected chi connectivity index (χ1v) is 11.0. The van der Waals surface area contributed by atoms with Gasteiger partial charge in [-0.2, -0.15) is 0 Å². The summed E-state index contributed by atoms with van der Waals surface area (Å²) in [5.41, 5.74) is 0. The Morgan fingerprint density at radius 1 is 1.23 bits per heavy atom. The van der Waals surface area contributed by atoms with Crippen LogP contribution in [0.5, 0.6) is 11.5 Å². The zero-order chi connectivity index (χ0) is 21.1. The van der Waals surface area contributed by atoms with Gasteiger partial charge in [0.25, 0.3) is 5.91 Å². The van der Waals surface area contributed by atoms with Crippen LogP contribution in [0.25, 0.3) is 0 Å². The fourth-order valence-corrected chi connectivity index (χ4v) is 4.72. The predicted octanol–water partition coefficient (Wildman–Crippen LogP) is 1.01. The molecule has 0 saturated carbocycles. The van der Waals surface area contributed by atoms with Crippen molar-refractivity contribution in [1.29, 1.82) is 0 Å². The monoisotopic (exact) mass is 433 g/mol. The number of aromatic nitrogens is 2. The van der Waals surface area contributed by atoms with Gasteiger partial charge < -0.3 is 29.6 Å². The summed E-state index contributed by atoms with van der Waals surface area (Å²) in [7, 11) is 3.89. The molecule has 10 heteroatoms. The summed E-state index contributed by atoms with van der Waals surface area (Å²) in [6.07, 6.45) is 5.03. The summed E-state index contributed by atoms with van der Waals surface area (Å²) < 4.78 is 13.0. The third kappa shape index (κ3) is 4.59. The van der Waals surface area contributed by atoms with E-state index in [0.29, 0.717) is 55.6 Å². The van der Waals surface area contributed by atoms with Gasteiger partial charge in [-0.05, 0) is 19.9 Å². The molecule has 2 amide bonds. The number of rotatable bonds is 5. The number of likely N-dealkylation sites (N-methyl/N-ethyl adjacent to an activating group) is 1. The molecular formula is C20H27N5O4S. The molecule has 9 nitrogen and oxygen atoms in total. The van der Waals surface area contributed by atoms with Crippen LogP contribution in [0.4, 0.5) is 0 Å². The van der Waals surface area contributed by atoms with Crippen LogP contribution in [0.15, 0.2) is 17.8 Å². The molecule has 0 aromatic carbocycles. The van der Waals surface area contributed by atoms with Crippen LogP contribution in [-0.4, -0.2) is 65.7 Å². The molecule has 0 unspecified atom stereocenters. The molecule has 2 aliphatic heterocycles. The second-order valence-electron chi connectivity index (χ2n) is 7.79. The Balaban J connectivity index is 1.32. The smallest absolute Gasteiger partial charge is 0.265 e. The number of aryl methyl sites for hydroxylation is 1. The fourth-order valence-electron chi connectivity index (χ4n) is 3.89. The molecule has 1 fully saturated rings. The Morgan fingerprint density at radius 2 is 2.07 bits per heavy atom. The van der Waals surface area contributed by atoms with E-state index in [0.717, 1.165) is 12.2 Å². The van der Waals surface area contributed by atoms with Crippen molar-refractivity contribution in [2.75, 3.05) is 33.4 Å². The largest absolute Gasteiger partial charge is 0.485 e. The SMILES string of the molecule is CN1C[C@@H](NC(=O)c2scc3c2OCCO3)CC[C@@H](C(=O)NCc2nccn2C)C1. The first kappa shape index (κ1) is 20.7. The molecule has 0 bridgehead atoms. The fraction of sp³-hybridized carbons (Fsp3) is 0.550. The highest BCUT2D eigenvalue weighted by molar-refractivity contribution is 7.12. The van der Waals surface area contributed by atoms with Gasteiger partial charge in [0.2, 0.25) is 5.91 Å². The van der Waals surface area contributed by atoms with Crippen molar-refractivity contribution in [3.63, 3.8) is 0 Å². The highest BCUT2D eigenvalue weighted by atomic mass is 32.1. The van der Waals surface area contributed by atoms with Crippen LogP contribution in [0, 0.1) is 5.92 Å². The van der Waals surface area contributed by atoms with E-state index in [1.165, 1.54) is 11.3 Å². The van der Waals surface area contributed by atoms with Gasteiger partial charge in [0.15, 0.2) is 11.5 Å². The molecule has 1 saturated heterocycles. The number of likely N-dealkylation sites (tertiary alicyclic amines) is 1. The minimum absolute atomic E-state index is 0.0229. The number of nitrogens with one attached hydrogen (secondary N) is 2. The second-order valence-corrected chi connectivity index (χ2v) is 8.67. The van der Waals surface area contributed by atoms with Crippen molar-refractivity contribution < 1.29 is 19.1 Å². The summed E-state index contributed by atoms with van der Waals surface area (Å²) in [6, 6.07) is -0.0305. The first-order chi connectivity index (χ1) is 14.5. The van der Waals surface area contributed by atoms with E-state index in [9.17, 15) is 9.59 Å². The number of hydrogen-bond acceptors (Lipinski definition) is 7. The van der Waals surface area contributed by atoms with Crippen LogP contribution >= 0.6 is 11.3 Å². The molecule has 0 spiro atoms. The maximum atomic E-state index is 12.8. The average molecular weight is 434 g/mol. The van der Waals surface area contributed by atoms with Gasteiger partial charge in [-0.15, -0.1) is 11.3 Å². The molecule has 2 aromatic heterocycles. The Labute approximate surface area is 179 Å². The molecule has 2 N–H and O–H groups in total. The molecule has 4 rings (SSSR count). The summed E-state index contributed by atoms with van der Waals surface area (Å²) in [5.74, 6) is 1.75. The number of fused-ring (bicyclic) bond motifs is 1. The minimum Gasteiger partial charge on any atom is -0.485 e. The van der Waals surface area contributed by atoms with Crippen LogP contribution < -0.4 is 20.1 Å². The van der Waals surface area contributed by atoms with E-state index >= 15 is 0 Å². The van der Waals surface area contributed by atoms with Gasteiger partial charge in [-0.1, -0.05) is 0 Å². The lowest BCUT2D eigenvalue weighted by atomic mass is 10.0. The van der Waals surface area contributed by atoms with Crippen LogP contribution in [0.3, 0.4) is 0 Å². The summed E-state index contributed by atoms with van der Waals surface area (Å²) in [5, 5.41) is 7.91. The molecule has 0 aliphatic carbocycles. The number of thiophene rings is 1. The van der Waals surface area contributed by atoms with Crippen molar-refractivity contribution in [1.82, 2.24) is 25.1 Å². The number of carbonyl (C=O) groups is 2. The van der Waals surface area contributed by atoms with E-state index < -0.39 is 0 Å². The van der Waals surface area contributed by atoms with Gasteiger partial charge in [0, 0.05) is 44.0 Å². The van der Waals surface area contributed by atoms with E-state index in [-0.39, 0.29) is 23.8 Å². The molecule has 0 radical (unpaired) electrons. The third-order valence-corrected chi connectivity index (χ3v) is 6.42. The van der Waals surface area contributed by atoms with Gasteiger partial charge in [-0.25, -0.2) is 4.98 Å². The molecule has 30 heavy (non-hydrogen) atoms. The maximum absolute atomic E-state index is 12.8. The van der Waals surface area contributed by atoms with Gasteiger partial charge in [0.1, 0.15) is 23.9 Å². The van der Waals surface area contributed by atoms with E-state index in [1.54, 1.807) is 6.20 Å². The predicted molar refractivity (Wildman–Crippen MR) is 112 cm³/mol. The zero-order valence-corrected chi connectivity index (χ0v) is 18.0. The highest BCUT2D eigenvalue weighted by Crippen LogP contribution is 2.39. The highest BCUT2D eigenvalue weighted by Gasteiger charge is 2.30. The quantitative estimate of drug-likeness (QED) is 0.731. The first-order valence-electron chi connectivity index (χ1n) is 10.1. The van der Waals surface area contributed by atoms with Crippen LogP contribution in [0.1, 0.15) is 28.3 Å². The van der Waals surface area contributed by atoms with Crippen molar-refractivity contribution in [2.45, 2.75) is 25.4 Å². The molecular weight excluding hydrogens is 406 g/mol. The van der Waals surface area contributed by atoms with Crippen molar-refractivity contribution in [3.05, 3.63) is 28.5 Å². The Kier molecular flexibility index (Phi) is 6.24. The Morgan fingerprint density at radius 3 is 2.87 bits per heavy atom. The zero-order valence-electron chi connectivity index (χ0n) is 17.2. The lowest BCUT2D eigenvalue weighted by Crippen LogP contribution is -2.42. The number of hydrogen-bond donors (Lipinski definition) is 2. The maximum Gasteiger partial charge on any atom is 0.265 e. The minimum atomic E-state index is -0.150. The Bertz CT molecular complexity index is 911. The van der Waals surface area contributed by atoms with E-state index in [1.807, 2.05) is 30.2 Å². The van der Waals surface area contributed by atoms with Crippen molar-refractivity contribution in [2.24, 2.45) is 13.0 Å². The van der Waals surface area contributed by atoms with E-state index in [2.05, 4.69) is 20.5 Å². The normalized spacial score (nSPS) is 21.7. The van der Waals surface area contributed by atoms with Gasteiger partial charge in [0.05, 0.1) is 12.5 Å². The van der Waals surface area contributed by atoms with Crippen molar-refractivity contribution in [3.8, 4) is 11.5 Å². The van der Waals surface area contributed by atoms with Crippen LogP contribution in [0.2, 0.25) is 0 Å². The third-order valence-electron chi connectivity index (χ3n) is 5.48. The molecule has 2 aliphatic rings. The summed E-state index contributed by atoms with van der Waals surface area (Å²) in [6.45, 7) is 2.71. The number of nitrogens with zero attached hydrogens (tertiary/aromatic N) is 3. The lowest BCUT2D eigenvalue weighted by molar-refractivity contribution is -0.125. The number of amides is 2. The summed E-state index contributed by atoms with van der Waals surface area (Å²) >= 11 is 1.33. The Hall–Kier alpha value is -2.59. The lowest BCUT2D eigenvalue weighted by Gasteiger charge is -2.22. The second kappa shape index (κ2) is 9.05. The number of carbonyl (C=O) groups excluding carboxylic acids is 2. The molecule has 2 atom stereocenters. The summed E-state index contributed by atoms with van der Waals surface area (Å²) in [4.78, 5) is 32.4. The van der Waals surface area contributed by atoms with Crippen LogP contribution in [-0.2, 0) is 18.4 Å². The average Bonchev–Trinajstić information content (AvgIpc) is 3.29. The van der Waals surface area contributed by atoms with Gasteiger partial charge in [-0.3, -0.25) is 9.59 Å². The topological polar surface area (TPSA) is 97.7 Å². The van der Waals surface area contributed by atoms with Gasteiger partial charge >= 0.3 is 0 Å². The standard InChI is InChI=1S/C20H27N5O4S/c1-24-10-13(19(26)22-9-16-21-5-6-25(16)2)3-4-14(11-24)23-20(27)18-17-15(12-30-18)28-7-8-29-17/h5-6,12-14H,3-4,7-11H2,1-2H3,(H,22,26)(H,23,27)/t13-,14+/m1/s1.